The van der Waals surface area contributed by atoms with Gasteiger partial charge in [-0.1, -0.05) is 38.7 Å². The number of allylic oxidation sites excluding steroid dienone is 1. The van der Waals surface area contributed by atoms with Crippen molar-refractivity contribution in [2.45, 2.75) is 58.3 Å². The highest BCUT2D eigenvalue weighted by Crippen LogP contribution is 2.09. The van der Waals surface area contributed by atoms with E-state index < -0.39 is 0 Å². The molecule has 0 aliphatic heterocycles. The molecule has 0 radical (unpaired) electrons. The van der Waals surface area contributed by atoms with Gasteiger partial charge in [0.05, 0.1) is 0 Å². The van der Waals surface area contributed by atoms with E-state index in [0.717, 1.165) is 19.4 Å². The minimum Gasteiger partial charge on any atom is -0.330 e. The standard InChI is InChI=1S/C13H25NO/c1-12(2)13(15)10-8-6-4-3-5-7-9-11-14/h1,3-11,14H2,2H3. The smallest absolute Gasteiger partial charge is 0.157 e. The molecule has 0 saturated heterocycles. The van der Waals surface area contributed by atoms with E-state index in [0.29, 0.717) is 12.0 Å². The number of hydrogen-bond donors (Lipinski definition) is 1. The summed E-state index contributed by atoms with van der Waals surface area (Å²) in [6.45, 7) is 6.24. The molecule has 0 unspecified atom stereocenters. The number of rotatable bonds is 10. The Kier molecular flexibility index (Phi) is 9.49. The van der Waals surface area contributed by atoms with E-state index in [9.17, 15) is 4.79 Å². The molecule has 0 aromatic carbocycles. The van der Waals surface area contributed by atoms with Crippen LogP contribution in [0.4, 0.5) is 0 Å². The Bertz CT molecular complexity index is 187. The molecule has 0 aliphatic carbocycles. The van der Waals surface area contributed by atoms with Crippen molar-refractivity contribution in [2.24, 2.45) is 5.73 Å². The zero-order valence-electron chi connectivity index (χ0n) is 10.1. The van der Waals surface area contributed by atoms with Gasteiger partial charge in [0.2, 0.25) is 0 Å². The first-order valence-corrected chi connectivity index (χ1v) is 6.07. The average Bonchev–Trinajstić information content (AvgIpc) is 2.21. The lowest BCUT2D eigenvalue weighted by Crippen LogP contribution is -1.98. The van der Waals surface area contributed by atoms with Crippen LogP contribution in [0.3, 0.4) is 0 Å². The van der Waals surface area contributed by atoms with Crippen LogP contribution in [-0.4, -0.2) is 12.3 Å². The Balaban J connectivity index is 3.11. The Labute approximate surface area is 93.9 Å². The molecule has 2 heteroatoms. The first-order valence-electron chi connectivity index (χ1n) is 6.07. The Morgan fingerprint density at radius 2 is 1.47 bits per heavy atom. The molecule has 0 fully saturated rings. The highest BCUT2D eigenvalue weighted by atomic mass is 16.1. The third-order valence-electron chi connectivity index (χ3n) is 2.58. The zero-order valence-corrected chi connectivity index (χ0v) is 10.1. The molecule has 2 N–H and O–H groups in total. The summed E-state index contributed by atoms with van der Waals surface area (Å²) in [7, 11) is 0. The summed E-state index contributed by atoms with van der Waals surface area (Å²) in [5.41, 5.74) is 6.10. The number of nitrogens with two attached hydrogens (primary N) is 1. The summed E-state index contributed by atoms with van der Waals surface area (Å²) in [4.78, 5) is 11.2. The second-order valence-corrected chi connectivity index (χ2v) is 4.22. The summed E-state index contributed by atoms with van der Waals surface area (Å²) >= 11 is 0. The number of carbonyl (C=O) groups excluding carboxylic acids is 1. The van der Waals surface area contributed by atoms with Gasteiger partial charge in [-0.2, -0.15) is 0 Å². The minimum absolute atomic E-state index is 0.220. The lowest BCUT2D eigenvalue weighted by atomic mass is 10.0. The predicted octanol–water partition coefficient (Wildman–Crippen LogP) is 3.21. The average molecular weight is 211 g/mol. The van der Waals surface area contributed by atoms with Gasteiger partial charge in [0, 0.05) is 6.42 Å². The van der Waals surface area contributed by atoms with Gasteiger partial charge in [-0.3, -0.25) is 4.79 Å². The van der Waals surface area contributed by atoms with Crippen LogP contribution in [0.15, 0.2) is 12.2 Å². The van der Waals surface area contributed by atoms with Crippen molar-refractivity contribution in [3.8, 4) is 0 Å². The first-order chi connectivity index (χ1) is 7.18. The number of ketones is 1. The van der Waals surface area contributed by atoms with Crippen LogP contribution in [0.25, 0.3) is 0 Å². The molecule has 15 heavy (non-hydrogen) atoms. The molecular formula is C13H25NO. The predicted molar refractivity (Wildman–Crippen MR) is 65.8 cm³/mol. The number of Topliss-reactive ketones (excluding diaryl/α,β-unsaturated/α-hetero) is 1. The maximum Gasteiger partial charge on any atom is 0.157 e. The van der Waals surface area contributed by atoms with Crippen LogP contribution >= 0.6 is 0 Å². The second-order valence-electron chi connectivity index (χ2n) is 4.22. The Morgan fingerprint density at radius 1 is 1.00 bits per heavy atom. The van der Waals surface area contributed by atoms with Crippen LogP contribution in [0.2, 0.25) is 0 Å². The maximum absolute atomic E-state index is 11.2. The van der Waals surface area contributed by atoms with Crippen molar-refractivity contribution in [3.05, 3.63) is 12.2 Å². The molecule has 88 valence electrons. The van der Waals surface area contributed by atoms with Gasteiger partial charge >= 0.3 is 0 Å². The molecule has 0 heterocycles. The largest absolute Gasteiger partial charge is 0.330 e. The van der Waals surface area contributed by atoms with Crippen molar-refractivity contribution in [1.29, 1.82) is 0 Å². The van der Waals surface area contributed by atoms with Gasteiger partial charge in [-0.05, 0) is 31.9 Å². The Hall–Kier alpha value is -0.630. The summed E-state index contributed by atoms with van der Waals surface area (Å²) in [5.74, 6) is 0.220. The summed E-state index contributed by atoms with van der Waals surface area (Å²) in [6.07, 6.45) is 9.07. The normalized spacial score (nSPS) is 10.3. The highest BCUT2D eigenvalue weighted by molar-refractivity contribution is 5.93. The van der Waals surface area contributed by atoms with Crippen LogP contribution in [0.5, 0.6) is 0 Å². The third-order valence-corrected chi connectivity index (χ3v) is 2.58. The molecule has 0 amide bonds. The van der Waals surface area contributed by atoms with E-state index in [-0.39, 0.29) is 5.78 Å². The summed E-state index contributed by atoms with van der Waals surface area (Å²) < 4.78 is 0. The van der Waals surface area contributed by atoms with Gasteiger partial charge in [-0.15, -0.1) is 0 Å². The van der Waals surface area contributed by atoms with Crippen LogP contribution in [0.1, 0.15) is 58.3 Å². The molecule has 2 nitrogen and oxygen atoms in total. The van der Waals surface area contributed by atoms with Crippen LogP contribution < -0.4 is 5.73 Å². The molecule has 0 atom stereocenters. The fourth-order valence-electron chi connectivity index (χ4n) is 1.53. The van der Waals surface area contributed by atoms with Crippen molar-refractivity contribution in [2.75, 3.05) is 6.54 Å². The van der Waals surface area contributed by atoms with Crippen molar-refractivity contribution in [1.82, 2.24) is 0 Å². The SMILES string of the molecule is C=C(C)C(=O)CCCCCCCCCN. The van der Waals surface area contributed by atoms with E-state index in [1.165, 1.54) is 32.1 Å². The lowest BCUT2D eigenvalue weighted by molar-refractivity contribution is -0.115. The van der Waals surface area contributed by atoms with Gasteiger partial charge in [0.1, 0.15) is 0 Å². The second kappa shape index (κ2) is 9.91. The highest BCUT2D eigenvalue weighted by Gasteiger charge is 2.00. The quantitative estimate of drug-likeness (QED) is 0.445. The molecule has 0 saturated carbocycles. The fourth-order valence-corrected chi connectivity index (χ4v) is 1.53. The van der Waals surface area contributed by atoms with E-state index in [2.05, 4.69) is 6.58 Å². The molecule has 0 bridgehead atoms. The molecule has 0 spiro atoms. The van der Waals surface area contributed by atoms with E-state index in [4.69, 9.17) is 5.73 Å². The topological polar surface area (TPSA) is 43.1 Å². The first kappa shape index (κ1) is 14.4. The van der Waals surface area contributed by atoms with Crippen LogP contribution in [0, 0.1) is 0 Å². The maximum atomic E-state index is 11.2. The van der Waals surface area contributed by atoms with Crippen molar-refractivity contribution < 1.29 is 4.79 Å². The van der Waals surface area contributed by atoms with E-state index in [1.54, 1.807) is 6.92 Å². The molecule has 0 aliphatic rings. The van der Waals surface area contributed by atoms with Gasteiger partial charge in [0.25, 0.3) is 0 Å². The van der Waals surface area contributed by atoms with Gasteiger partial charge < -0.3 is 5.73 Å². The summed E-state index contributed by atoms with van der Waals surface area (Å²) in [5, 5.41) is 0. The lowest BCUT2D eigenvalue weighted by Gasteiger charge is -2.01. The minimum atomic E-state index is 0.220. The van der Waals surface area contributed by atoms with E-state index in [1.807, 2.05) is 0 Å². The molecule has 0 rings (SSSR count). The number of unbranched alkanes of at least 4 members (excludes halogenated alkanes) is 6. The molecular weight excluding hydrogens is 186 g/mol. The zero-order chi connectivity index (χ0) is 11.5. The molecule has 0 aromatic rings. The monoisotopic (exact) mass is 211 g/mol. The third kappa shape index (κ3) is 9.67. The number of carbonyl (C=O) groups is 1. The fraction of sp³-hybridized carbons (Fsp3) is 0.769. The van der Waals surface area contributed by atoms with Crippen molar-refractivity contribution >= 4 is 5.78 Å². The van der Waals surface area contributed by atoms with E-state index >= 15 is 0 Å². The molecule has 0 aromatic heterocycles. The number of hydrogen-bond acceptors (Lipinski definition) is 2. The Morgan fingerprint density at radius 3 is 1.93 bits per heavy atom. The van der Waals surface area contributed by atoms with Gasteiger partial charge in [-0.25, -0.2) is 0 Å². The summed E-state index contributed by atoms with van der Waals surface area (Å²) in [6, 6.07) is 0. The van der Waals surface area contributed by atoms with Crippen molar-refractivity contribution in [3.63, 3.8) is 0 Å². The van der Waals surface area contributed by atoms with Gasteiger partial charge in [0.15, 0.2) is 5.78 Å². The van der Waals surface area contributed by atoms with Crippen LogP contribution in [-0.2, 0) is 4.79 Å².